The standard InChI is InChI=1S/C12H11F2NO5/c13-8-1-6-7(2-9(8)14)11(20)15(10(6)19)12(3-16,4-17)5-18/h1-2,16-18H,3-5H2. The maximum atomic E-state index is 13.1. The number of hydrogen-bond acceptors (Lipinski definition) is 5. The molecule has 0 atom stereocenters. The Morgan fingerprint density at radius 1 is 0.900 bits per heavy atom. The number of amides is 2. The van der Waals surface area contributed by atoms with E-state index in [1.54, 1.807) is 0 Å². The van der Waals surface area contributed by atoms with Gasteiger partial charge in [-0.15, -0.1) is 0 Å². The second-order valence-corrected chi connectivity index (χ2v) is 4.46. The van der Waals surface area contributed by atoms with Crippen molar-refractivity contribution in [1.82, 2.24) is 4.90 Å². The fourth-order valence-corrected chi connectivity index (χ4v) is 2.03. The molecule has 0 aromatic heterocycles. The Bertz CT molecular complexity index is 536. The van der Waals surface area contributed by atoms with E-state index in [1.807, 2.05) is 0 Å². The van der Waals surface area contributed by atoms with Crippen molar-refractivity contribution in [2.24, 2.45) is 0 Å². The van der Waals surface area contributed by atoms with E-state index < -0.39 is 48.8 Å². The SMILES string of the molecule is O=C1c2cc(F)c(F)cc2C(=O)N1C(CO)(CO)CO. The summed E-state index contributed by atoms with van der Waals surface area (Å²) in [4.78, 5) is 24.6. The number of nitrogens with zero attached hydrogens (tertiary/aromatic N) is 1. The number of rotatable bonds is 4. The molecule has 20 heavy (non-hydrogen) atoms. The molecule has 1 aliphatic heterocycles. The first-order chi connectivity index (χ1) is 9.41. The van der Waals surface area contributed by atoms with Crippen molar-refractivity contribution >= 4 is 11.8 Å². The summed E-state index contributed by atoms with van der Waals surface area (Å²) in [6, 6.07) is 1.14. The third kappa shape index (κ3) is 1.80. The Labute approximate surface area is 111 Å². The van der Waals surface area contributed by atoms with Gasteiger partial charge in [0, 0.05) is 0 Å². The summed E-state index contributed by atoms with van der Waals surface area (Å²) in [5, 5.41) is 27.7. The zero-order valence-electron chi connectivity index (χ0n) is 10.1. The minimum atomic E-state index is -1.93. The van der Waals surface area contributed by atoms with Gasteiger partial charge in [-0.2, -0.15) is 0 Å². The lowest BCUT2D eigenvalue weighted by Crippen LogP contribution is -2.59. The van der Waals surface area contributed by atoms with E-state index in [9.17, 15) is 33.7 Å². The zero-order chi connectivity index (χ0) is 15.1. The van der Waals surface area contributed by atoms with Crippen LogP contribution < -0.4 is 0 Å². The average molecular weight is 287 g/mol. The van der Waals surface area contributed by atoms with Crippen LogP contribution in [0, 0.1) is 11.6 Å². The normalized spacial score (nSPS) is 14.9. The van der Waals surface area contributed by atoms with Crippen molar-refractivity contribution in [3.05, 3.63) is 34.9 Å². The minimum absolute atomic E-state index is 0.381. The molecule has 0 spiro atoms. The topological polar surface area (TPSA) is 98.1 Å². The molecule has 6 nitrogen and oxygen atoms in total. The summed E-state index contributed by atoms with van der Waals surface area (Å²) in [7, 11) is 0. The predicted octanol–water partition coefficient (Wildman–Crippen LogP) is -0.724. The van der Waals surface area contributed by atoms with Crippen molar-refractivity contribution in [2.75, 3.05) is 19.8 Å². The average Bonchev–Trinajstić information content (AvgIpc) is 2.67. The molecule has 2 rings (SSSR count). The van der Waals surface area contributed by atoms with E-state index in [1.165, 1.54) is 0 Å². The minimum Gasteiger partial charge on any atom is -0.394 e. The van der Waals surface area contributed by atoms with Crippen LogP contribution in [0.2, 0.25) is 0 Å². The van der Waals surface area contributed by atoms with Crippen LogP contribution in [0.5, 0.6) is 0 Å². The van der Waals surface area contributed by atoms with Gasteiger partial charge >= 0.3 is 0 Å². The molecule has 0 fully saturated rings. The maximum absolute atomic E-state index is 13.1. The molecular weight excluding hydrogens is 276 g/mol. The second kappa shape index (κ2) is 4.89. The van der Waals surface area contributed by atoms with E-state index in [-0.39, 0.29) is 11.1 Å². The molecule has 1 aliphatic rings. The van der Waals surface area contributed by atoms with Gasteiger partial charge in [-0.1, -0.05) is 0 Å². The van der Waals surface area contributed by atoms with Crippen molar-refractivity contribution in [3.63, 3.8) is 0 Å². The monoisotopic (exact) mass is 287 g/mol. The molecule has 0 bridgehead atoms. The molecular formula is C12H11F2NO5. The number of aliphatic hydroxyl groups excluding tert-OH is 3. The van der Waals surface area contributed by atoms with Crippen molar-refractivity contribution in [1.29, 1.82) is 0 Å². The number of carbonyl (C=O) groups is 2. The van der Waals surface area contributed by atoms with Crippen LogP contribution in [0.1, 0.15) is 20.7 Å². The van der Waals surface area contributed by atoms with Gasteiger partial charge in [-0.25, -0.2) is 8.78 Å². The lowest BCUT2D eigenvalue weighted by atomic mass is 10.0. The van der Waals surface area contributed by atoms with Gasteiger partial charge in [0.05, 0.1) is 30.9 Å². The van der Waals surface area contributed by atoms with Gasteiger partial charge in [0.1, 0.15) is 5.54 Å². The van der Waals surface area contributed by atoms with Gasteiger partial charge in [0.2, 0.25) is 0 Å². The number of aliphatic hydroxyl groups is 3. The molecule has 1 aromatic carbocycles. The van der Waals surface area contributed by atoms with Crippen LogP contribution in [-0.4, -0.2) is 57.4 Å². The summed E-state index contributed by atoms with van der Waals surface area (Å²) >= 11 is 0. The van der Waals surface area contributed by atoms with Crippen molar-refractivity contribution in [2.45, 2.75) is 5.54 Å². The Morgan fingerprint density at radius 3 is 1.55 bits per heavy atom. The Balaban J connectivity index is 2.57. The first kappa shape index (κ1) is 14.5. The zero-order valence-corrected chi connectivity index (χ0v) is 10.1. The predicted molar refractivity (Wildman–Crippen MR) is 60.8 cm³/mol. The first-order valence-corrected chi connectivity index (χ1v) is 5.62. The molecule has 0 saturated carbocycles. The molecule has 1 aromatic rings. The van der Waals surface area contributed by atoms with Crippen LogP contribution >= 0.6 is 0 Å². The highest BCUT2D eigenvalue weighted by atomic mass is 19.2. The molecule has 0 unspecified atom stereocenters. The third-order valence-electron chi connectivity index (χ3n) is 3.28. The summed E-state index contributed by atoms with van der Waals surface area (Å²) < 4.78 is 26.3. The Kier molecular flexibility index (Phi) is 3.55. The third-order valence-corrected chi connectivity index (χ3v) is 3.28. The quantitative estimate of drug-likeness (QED) is 0.635. The summed E-state index contributed by atoms with van der Waals surface area (Å²) in [6.45, 7) is -2.68. The molecule has 108 valence electrons. The highest BCUT2D eigenvalue weighted by Crippen LogP contribution is 2.30. The maximum Gasteiger partial charge on any atom is 0.262 e. The lowest BCUT2D eigenvalue weighted by Gasteiger charge is -2.35. The highest BCUT2D eigenvalue weighted by molar-refractivity contribution is 6.22. The first-order valence-electron chi connectivity index (χ1n) is 5.62. The van der Waals surface area contributed by atoms with Crippen molar-refractivity contribution < 1.29 is 33.7 Å². The van der Waals surface area contributed by atoms with Crippen LogP contribution in [0.25, 0.3) is 0 Å². The molecule has 3 N–H and O–H groups in total. The van der Waals surface area contributed by atoms with Crippen LogP contribution in [0.15, 0.2) is 12.1 Å². The fraction of sp³-hybridized carbons (Fsp3) is 0.333. The number of halogens is 2. The number of carbonyl (C=O) groups excluding carboxylic acids is 2. The van der Waals surface area contributed by atoms with E-state index in [2.05, 4.69) is 0 Å². The number of fused-ring (bicyclic) bond motifs is 1. The van der Waals surface area contributed by atoms with E-state index >= 15 is 0 Å². The summed E-state index contributed by atoms with van der Waals surface area (Å²) in [5.74, 6) is -4.62. The van der Waals surface area contributed by atoms with Gasteiger partial charge in [0.15, 0.2) is 11.6 Å². The van der Waals surface area contributed by atoms with E-state index in [0.717, 1.165) is 0 Å². The molecule has 0 aliphatic carbocycles. The Morgan fingerprint density at radius 2 is 1.25 bits per heavy atom. The van der Waals surface area contributed by atoms with E-state index in [4.69, 9.17) is 0 Å². The summed E-state index contributed by atoms with van der Waals surface area (Å²) in [5.41, 5.74) is -2.69. The van der Waals surface area contributed by atoms with Crippen LogP contribution in [-0.2, 0) is 0 Å². The van der Waals surface area contributed by atoms with Gasteiger partial charge < -0.3 is 15.3 Å². The Hall–Kier alpha value is -1.90. The van der Waals surface area contributed by atoms with E-state index in [0.29, 0.717) is 17.0 Å². The van der Waals surface area contributed by atoms with Crippen LogP contribution in [0.3, 0.4) is 0 Å². The highest BCUT2D eigenvalue weighted by Gasteiger charge is 2.49. The molecule has 8 heteroatoms. The molecule has 2 amide bonds. The lowest BCUT2D eigenvalue weighted by molar-refractivity contribution is -0.0237. The molecule has 0 radical (unpaired) electrons. The van der Waals surface area contributed by atoms with Crippen LogP contribution in [0.4, 0.5) is 8.78 Å². The second-order valence-electron chi connectivity index (χ2n) is 4.46. The van der Waals surface area contributed by atoms with Gasteiger partial charge in [0.25, 0.3) is 11.8 Å². The molecule has 0 saturated heterocycles. The molecule has 1 heterocycles. The summed E-state index contributed by atoms with van der Waals surface area (Å²) in [6.07, 6.45) is 0. The van der Waals surface area contributed by atoms with Gasteiger partial charge in [-0.3, -0.25) is 14.5 Å². The fourth-order valence-electron chi connectivity index (χ4n) is 2.03. The smallest absolute Gasteiger partial charge is 0.262 e. The van der Waals surface area contributed by atoms with Gasteiger partial charge in [-0.05, 0) is 12.1 Å². The van der Waals surface area contributed by atoms with Crippen molar-refractivity contribution in [3.8, 4) is 0 Å². The number of hydrogen-bond donors (Lipinski definition) is 3. The number of benzene rings is 1. The number of imide groups is 1. The largest absolute Gasteiger partial charge is 0.394 e.